The van der Waals surface area contributed by atoms with Gasteiger partial charge in [-0.2, -0.15) is 0 Å². The highest BCUT2D eigenvalue weighted by molar-refractivity contribution is 4.99. The second kappa shape index (κ2) is 2.17. The Morgan fingerprint density at radius 1 is 1.50 bits per heavy atom. The fraction of sp³-hybridized carbons (Fsp3) is 1.00. The van der Waals surface area contributed by atoms with Gasteiger partial charge in [0.15, 0.2) is 0 Å². The molecule has 0 aromatic rings. The first-order valence-electron chi connectivity index (χ1n) is 3.76. The molecule has 0 unspecified atom stereocenters. The van der Waals surface area contributed by atoms with Crippen LogP contribution < -0.4 is 5.32 Å². The van der Waals surface area contributed by atoms with Gasteiger partial charge in [0.1, 0.15) is 6.17 Å². The number of hydrogen-bond acceptors (Lipinski definition) is 2. The third-order valence-corrected chi connectivity index (χ3v) is 2.63. The number of ether oxygens (including phenoxy) is 1. The molecule has 2 saturated heterocycles. The summed E-state index contributed by atoms with van der Waals surface area (Å²) in [5.74, 6) is 0. The highest BCUT2D eigenvalue weighted by Gasteiger charge is 2.46. The summed E-state index contributed by atoms with van der Waals surface area (Å²) in [5, 5.41) is 3.11. The van der Waals surface area contributed by atoms with Crippen LogP contribution >= 0.6 is 0 Å². The topological polar surface area (TPSA) is 21.3 Å². The molecule has 2 rings (SSSR count). The molecule has 0 aliphatic carbocycles. The van der Waals surface area contributed by atoms with Crippen molar-refractivity contribution >= 4 is 0 Å². The lowest BCUT2D eigenvalue weighted by atomic mass is 9.74. The SMILES string of the molecule is F[C@@H]1COCCC12CNC2. The van der Waals surface area contributed by atoms with Crippen LogP contribution in [0.1, 0.15) is 6.42 Å². The number of halogens is 1. The van der Waals surface area contributed by atoms with E-state index in [0.29, 0.717) is 6.61 Å². The van der Waals surface area contributed by atoms with Crippen molar-refractivity contribution in [2.75, 3.05) is 26.3 Å². The molecule has 2 heterocycles. The molecule has 2 fully saturated rings. The summed E-state index contributed by atoms with van der Waals surface area (Å²) >= 11 is 0. The second-order valence-corrected chi connectivity index (χ2v) is 3.26. The van der Waals surface area contributed by atoms with Gasteiger partial charge in [0.2, 0.25) is 0 Å². The molecule has 2 aliphatic heterocycles. The van der Waals surface area contributed by atoms with Gasteiger partial charge in [-0.15, -0.1) is 0 Å². The van der Waals surface area contributed by atoms with Crippen molar-refractivity contribution in [1.82, 2.24) is 5.32 Å². The third-order valence-electron chi connectivity index (χ3n) is 2.63. The van der Waals surface area contributed by atoms with E-state index >= 15 is 0 Å². The summed E-state index contributed by atoms with van der Waals surface area (Å²) in [6.45, 7) is 2.73. The molecule has 1 N–H and O–H groups in total. The number of rotatable bonds is 0. The summed E-state index contributed by atoms with van der Waals surface area (Å²) in [5.41, 5.74) is -0.0434. The standard InChI is InChI=1S/C7H12FNO/c8-6-3-10-2-1-7(6)4-9-5-7/h6,9H,1-5H2/t6-/m1/s1. The third kappa shape index (κ3) is 0.772. The van der Waals surface area contributed by atoms with E-state index in [4.69, 9.17) is 4.74 Å². The average Bonchev–Trinajstić information content (AvgIpc) is 1.85. The zero-order valence-electron chi connectivity index (χ0n) is 5.90. The van der Waals surface area contributed by atoms with E-state index < -0.39 is 6.17 Å². The first-order valence-corrected chi connectivity index (χ1v) is 3.76. The Morgan fingerprint density at radius 2 is 2.30 bits per heavy atom. The molecule has 0 radical (unpaired) electrons. The van der Waals surface area contributed by atoms with Crippen LogP contribution in [0.5, 0.6) is 0 Å². The van der Waals surface area contributed by atoms with Crippen LogP contribution in [0.25, 0.3) is 0 Å². The van der Waals surface area contributed by atoms with Crippen molar-refractivity contribution in [3.8, 4) is 0 Å². The van der Waals surface area contributed by atoms with E-state index in [1.807, 2.05) is 0 Å². The van der Waals surface area contributed by atoms with Crippen LogP contribution in [0.2, 0.25) is 0 Å². The van der Waals surface area contributed by atoms with Gasteiger partial charge in [-0.25, -0.2) is 4.39 Å². The van der Waals surface area contributed by atoms with Gasteiger partial charge in [0.25, 0.3) is 0 Å². The van der Waals surface area contributed by atoms with Crippen LogP contribution in [0.3, 0.4) is 0 Å². The lowest BCUT2D eigenvalue weighted by Crippen LogP contribution is -2.61. The zero-order valence-corrected chi connectivity index (χ0v) is 5.90. The lowest BCUT2D eigenvalue weighted by molar-refractivity contribution is -0.0819. The summed E-state index contributed by atoms with van der Waals surface area (Å²) in [6, 6.07) is 0. The molecular weight excluding hydrogens is 133 g/mol. The number of hydrogen-bond donors (Lipinski definition) is 1. The Kier molecular flexibility index (Phi) is 1.42. The van der Waals surface area contributed by atoms with Gasteiger partial charge in [0.05, 0.1) is 6.61 Å². The molecule has 10 heavy (non-hydrogen) atoms. The minimum Gasteiger partial charge on any atom is -0.378 e. The minimum absolute atomic E-state index is 0.0434. The van der Waals surface area contributed by atoms with E-state index in [2.05, 4.69) is 5.32 Å². The average molecular weight is 145 g/mol. The Balaban J connectivity index is 2.03. The summed E-state index contributed by atoms with van der Waals surface area (Å²) in [4.78, 5) is 0. The molecule has 0 amide bonds. The molecule has 1 spiro atoms. The molecule has 3 heteroatoms. The van der Waals surface area contributed by atoms with Gasteiger partial charge in [0, 0.05) is 25.1 Å². The van der Waals surface area contributed by atoms with E-state index in [1.54, 1.807) is 0 Å². The Labute approximate surface area is 59.7 Å². The highest BCUT2D eigenvalue weighted by atomic mass is 19.1. The smallest absolute Gasteiger partial charge is 0.131 e. The van der Waals surface area contributed by atoms with Crippen LogP contribution in [0, 0.1) is 5.41 Å². The fourth-order valence-electron chi connectivity index (χ4n) is 1.64. The van der Waals surface area contributed by atoms with E-state index in [-0.39, 0.29) is 5.41 Å². The van der Waals surface area contributed by atoms with Crippen molar-refractivity contribution in [1.29, 1.82) is 0 Å². The maximum Gasteiger partial charge on any atom is 0.131 e. The molecule has 0 bridgehead atoms. The van der Waals surface area contributed by atoms with Gasteiger partial charge in [-0.3, -0.25) is 0 Å². The molecular formula is C7H12FNO. The summed E-state index contributed by atoms with van der Waals surface area (Å²) in [7, 11) is 0. The quantitative estimate of drug-likeness (QED) is 0.530. The number of nitrogens with one attached hydrogen (secondary N) is 1. The summed E-state index contributed by atoms with van der Waals surface area (Å²) in [6.07, 6.45) is 0.156. The molecule has 2 aliphatic rings. The van der Waals surface area contributed by atoms with Crippen LogP contribution in [-0.2, 0) is 4.74 Å². The normalized spacial score (nSPS) is 37.5. The van der Waals surface area contributed by atoms with E-state index in [0.717, 1.165) is 26.1 Å². The van der Waals surface area contributed by atoms with Gasteiger partial charge >= 0.3 is 0 Å². The maximum atomic E-state index is 13.1. The van der Waals surface area contributed by atoms with Gasteiger partial charge in [-0.05, 0) is 6.42 Å². The lowest BCUT2D eigenvalue weighted by Gasteiger charge is -2.47. The Bertz CT molecular complexity index is 136. The predicted octanol–water partition coefficient (Wildman–Crippen LogP) is 0.334. The van der Waals surface area contributed by atoms with Crippen molar-refractivity contribution in [2.45, 2.75) is 12.6 Å². The Hall–Kier alpha value is -0.150. The maximum absolute atomic E-state index is 13.1. The fourth-order valence-corrected chi connectivity index (χ4v) is 1.64. The van der Waals surface area contributed by atoms with Crippen molar-refractivity contribution < 1.29 is 9.13 Å². The van der Waals surface area contributed by atoms with Crippen LogP contribution in [0.15, 0.2) is 0 Å². The molecule has 1 atom stereocenters. The first kappa shape index (κ1) is 6.55. The van der Waals surface area contributed by atoms with Gasteiger partial charge in [-0.1, -0.05) is 0 Å². The van der Waals surface area contributed by atoms with Crippen LogP contribution in [0.4, 0.5) is 4.39 Å². The highest BCUT2D eigenvalue weighted by Crippen LogP contribution is 2.36. The predicted molar refractivity (Wildman–Crippen MR) is 35.6 cm³/mol. The minimum atomic E-state index is -0.734. The summed E-state index contributed by atoms with van der Waals surface area (Å²) < 4.78 is 18.1. The molecule has 0 aromatic carbocycles. The monoisotopic (exact) mass is 145 g/mol. The molecule has 2 nitrogen and oxygen atoms in total. The molecule has 0 aromatic heterocycles. The van der Waals surface area contributed by atoms with Crippen LogP contribution in [-0.4, -0.2) is 32.5 Å². The van der Waals surface area contributed by atoms with E-state index in [1.165, 1.54) is 0 Å². The van der Waals surface area contributed by atoms with E-state index in [9.17, 15) is 4.39 Å². The second-order valence-electron chi connectivity index (χ2n) is 3.26. The molecule has 0 saturated carbocycles. The largest absolute Gasteiger partial charge is 0.378 e. The van der Waals surface area contributed by atoms with Crippen molar-refractivity contribution in [2.24, 2.45) is 5.41 Å². The van der Waals surface area contributed by atoms with Gasteiger partial charge < -0.3 is 10.1 Å². The zero-order chi connectivity index (χ0) is 7.03. The van der Waals surface area contributed by atoms with Crippen molar-refractivity contribution in [3.05, 3.63) is 0 Å². The number of alkyl halides is 1. The first-order chi connectivity index (χ1) is 4.83. The Morgan fingerprint density at radius 3 is 2.70 bits per heavy atom. The van der Waals surface area contributed by atoms with Crippen molar-refractivity contribution in [3.63, 3.8) is 0 Å². The molecule has 58 valence electrons.